The first-order chi connectivity index (χ1) is 7.42. The molecule has 0 aliphatic carbocycles. The molecular formula is C10H7N3S2. The van der Waals surface area contributed by atoms with Gasteiger partial charge in [0.25, 0.3) is 0 Å². The van der Waals surface area contributed by atoms with Gasteiger partial charge in [0.1, 0.15) is 5.03 Å². The number of rotatable bonds is 2. The Morgan fingerprint density at radius 1 is 1.27 bits per heavy atom. The van der Waals surface area contributed by atoms with E-state index >= 15 is 0 Å². The van der Waals surface area contributed by atoms with Crippen molar-refractivity contribution in [1.82, 2.24) is 15.0 Å². The summed E-state index contributed by atoms with van der Waals surface area (Å²) in [5.41, 5.74) is 3.89. The monoisotopic (exact) mass is 233 g/mol. The predicted octanol–water partition coefficient (Wildman–Crippen LogP) is 3.17. The lowest BCUT2D eigenvalue weighted by atomic mass is 10.3. The fourth-order valence-corrected chi connectivity index (χ4v) is 2.78. The second kappa shape index (κ2) is 3.67. The van der Waals surface area contributed by atoms with E-state index in [-0.39, 0.29) is 0 Å². The summed E-state index contributed by atoms with van der Waals surface area (Å²) in [5, 5.41) is 3.89. The van der Waals surface area contributed by atoms with Crippen molar-refractivity contribution in [3.63, 3.8) is 0 Å². The summed E-state index contributed by atoms with van der Waals surface area (Å²) >= 11 is 3.14. The third kappa shape index (κ3) is 1.75. The van der Waals surface area contributed by atoms with Crippen LogP contribution in [0.3, 0.4) is 0 Å². The number of para-hydroxylation sites is 2. The van der Waals surface area contributed by atoms with Crippen LogP contribution < -0.4 is 0 Å². The Morgan fingerprint density at radius 3 is 3.00 bits per heavy atom. The zero-order valence-electron chi connectivity index (χ0n) is 7.68. The molecule has 0 aliphatic heterocycles. The maximum atomic E-state index is 4.46. The summed E-state index contributed by atoms with van der Waals surface area (Å²) in [7, 11) is 0. The summed E-state index contributed by atoms with van der Waals surface area (Å²) in [6.07, 6.45) is 0. The molecule has 0 saturated heterocycles. The van der Waals surface area contributed by atoms with Crippen LogP contribution in [0.5, 0.6) is 0 Å². The molecule has 15 heavy (non-hydrogen) atoms. The van der Waals surface area contributed by atoms with Crippen LogP contribution in [0.4, 0.5) is 0 Å². The van der Waals surface area contributed by atoms with Gasteiger partial charge in [-0.1, -0.05) is 12.1 Å². The van der Waals surface area contributed by atoms with Gasteiger partial charge in [0, 0.05) is 5.38 Å². The highest BCUT2D eigenvalue weighted by atomic mass is 32.2. The quantitative estimate of drug-likeness (QED) is 0.739. The average Bonchev–Trinajstić information content (AvgIpc) is 2.86. The Labute approximate surface area is 94.6 Å². The van der Waals surface area contributed by atoms with Crippen LogP contribution in [0.15, 0.2) is 45.3 Å². The molecule has 74 valence electrons. The molecule has 2 aromatic heterocycles. The third-order valence-corrected chi connectivity index (χ3v) is 3.53. The molecule has 0 fully saturated rings. The Hall–Kier alpha value is -1.33. The first kappa shape index (κ1) is 8.94. The molecule has 3 rings (SSSR count). The molecule has 0 saturated carbocycles. The van der Waals surface area contributed by atoms with Gasteiger partial charge in [-0.05, 0) is 23.9 Å². The standard InChI is InChI=1S/C10H7N3S2/c1-2-4-8-7(3-1)12-10(13-8)15-9-5-14-6-11-9/h1-6H,(H,12,13). The fraction of sp³-hybridized carbons (Fsp3) is 0. The number of thiazole rings is 1. The van der Waals surface area contributed by atoms with Gasteiger partial charge in [0.2, 0.25) is 0 Å². The molecule has 0 unspecified atom stereocenters. The Morgan fingerprint density at radius 2 is 2.20 bits per heavy atom. The molecule has 3 aromatic rings. The van der Waals surface area contributed by atoms with Gasteiger partial charge in [0.05, 0.1) is 16.5 Å². The van der Waals surface area contributed by atoms with Crippen LogP contribution in [-0.4, -0.2) is 15.0 Å². The molecule has 0 aliphatic rings. The number of nitrogens with zero attached hydrogens (tertiary/aromatic N) is 2. The minimum Gasteiger partial charge on any atom is -0.333 e. The number of hydrogen-bond acceptors (Lipinski definition) is 4. The lowest BCUT2D eigenvalue weighted by Crippen LogP contribution is -1.74. The van der Waals surface area contributed by atoms with E-state index in [1.807, 2.05) is 35.2 Å². The van der Waals surface area contributed by atoms with Crippen molar-refractivity contribution in [2.24, 2.45) is 0 Å². The molecule has 0 amide bonds. The summed E-state index contributed by atoms with van der Waals surface area (Å²) in [6.45, 7) is 0. The Kier molecular flexibility index (Phi) is 2.19. The van der Waals surface area contributed by atoms with E-state index in [0.29, 0.717) is 0 Å². The molecule has 5 heteroatoms. The molecule has 1 N–H and O–H groups in total. The third-order valence-electron chi connectivity index (χ3n) is 1.98. The highest BCUT2D eigenvalue weighted by Gasteiger charge is 2.04. The zero-order valence-corrected chi connectivity index (χ0v) is 9.31. The summed E-state index contributed by atoms with van der Waals surface area (Å²) in [4.78, 5) is 11.9. The lowest BCUT2D eigenvalue weighted by molar-refractivity contribution is 1.07. The van der Waals surface area contributed by atoms with E-state index < -0.39 is 0 Å². The van der Waals surface area contributed by atoms with Crippen molar-refractivity contribution in [1.29, 1.82) is 0 Å². The van der Waals surface area contributed by atoms with Crippen molar-refractivity contribution in [2.75, 3.05) is 0 Å². The number of aromatic amines is 1. The Balaban J connectivity index is 1.98. The topological polar surface area (TPSA) is 41.6 Å². The normalized spacial score (nSPS) is 10.9. The fourth-order valence-electron chi connectivity index (χ4n) is 1.33. The molecule has 0 radical (unpaired) electrons. The number of hydrogen-bond donors (Lipinski definition) is 1. The number of H-pyrrole nitrogens is 1. The molecule has 0 bridgehead atoms. The second-order valence-electron chi connectivity index (χ2n) is 2.99. The van der Waals surface area contributed by atoms with Gasteiger partial charge in [-0.15, -0.1) is 11.3 Å². The largest absolute Gasteiger partial charge is 0.333 e. The predicted molar refractivity (Wildman–Crippen MR) is 62.3 cm³/mol. The van der Waals surface area contributed by atoms with E-state index in [0.717, 1.165) is 21.2 Å². The highest BCUT2D eigenvalue weighted by molar-refractivity contribution is 7.99. The van der Waals surface area contributed by atoms with Crippen molar-refractivity contribution >= 4 is 34.1 Å². The number of benzene rings is 1. The van der Waals surface area contributed by atoms with Gasteiger partial charge in [0.15, 0.2) is 5.16 Å². The number of nitrogens with one attached hydrogen (secondary N) is 1. The molecule has 2 heterocycles. The van der Waals surface area contributed by atoms with Crippen LogP contribution in [0.1, 0.15) is 0 Å². The van der Waals surface area contributed by atoms with Gasteiger partial charge in [-0.3, -0.25) is 0 Å². The molecule has 0 spiro atoms. The van der Waals surface area contributed by atoms with Crippen molar-refractivity contribution in [3.05, 3.63) is 35.2 Å². The van der Waals surface area contributed by atoms with Crippen molar-refractivity contribution in [2.45, 2.75) is 10.2 Å². The van der Waals surface area contributed by atoms with Gasteiger partial charge < -0.3 is 4.98 Å². The first-order valence-electron chi connectivity index (χ1n) is 4.42. The van der Waals surface area contributed by atoms with Crippen molar-refractivity contribution < 1.29 is 0 Å². The number of fused-ring (bicyclic) bond motifs is 1. The molecule has 1 aromatic carbocycles. The minimum atomic E-state index is 0.891. The summed E-state index contributed by atoms with van der Waals surface area (Å²) in [6, 6.07) is 8.00. The highest BCUT2D eigenvalue weighted by Crippen LogP contribution is 2.26. The van der Waals surface area contributed by atoms with Crippen molar-refractivity contribution in [3.8, 4) is 0 Å². The maximum Gasteiger partial charge on any atom is 0.172 e. The van der Waals surface area contributed by atoms with E-state index in [9.17, 15) is 0 Å². The second-order valence-corrected chi connectivity index (χ2v) is 4.72. The van der Waals surface area contributed by atoms with E-state index in [2.05, 4.69) is 15.0 Å². The SMILES string of the molecule is c1ccc2[nH]c(Sc3cscn3)nc2c1. The van der Waals surface area contributed by atoms with Gasteiger partial charge in [-0.25, -0.2) is 9.97 Å². The van der Waals surface area contributed by atoms with Gasteiger partial charge >= 0.3 is 0 Å². The lowest BCUT2D eigenvalue weighted by Gasteiger charge is -1.88. The van der Waals surface area contributed by atoms with Crippen LogP contribution in [-0.2, 0) is 0 Å². The summed E-state index contributed by atoms with van der Waals surface area (Å²) in [5.74, 6) is 0. The minimum absolute atomic E-state index is 0.891. The van der Waals surface area contributed by atoms with E-state index in [1.165, 1.54) is 0 Å². The zero-order chi connectivity index (χ0) is 10.1. The van der Waals surface area contributed by atoms with Crippen LogP contribution in [0.2, 0.25) is 0 Å². The molecular weight excluding hydrogens is 226 g/mol. The van der Waals surface area contributed by atoms with Crippen LogP contribution >= 0.6 is 23.1 Å². The number of imidazole rings is 1. The number of aromatic nitrogens is 3. The molecule has 3 nitrogen and oxygen atoms in total. The van der Waals surface area contributed by atoms with Crippen LogP contribution in [0, 0.1) is 0 Å². The summed E-state index contributed by atoms with van der Waals surface area (Å²) < 4.78 is 0. The maximum absolute atomic E-state index is 4.46. The van der Waals surface area contributed by atoms with Gasteiger partial charge in [-0.2, -0.15) is 0 Å². The molecule has 0 atom stereocenters. The van der Waals surface area contributed by atoms with E-state index in [1.54, 1.807) is 23.1 Å². The first-order valence-corrected chi connectivity index (χ1v) is 6.18. The average molecular weight is 233 g/mol. The van der Waals surface area contributed by atoms with Crippen LogP contribution in [0.25, 0.3) is 11.0 Å². The Bertz CT molecular complexity index is 538. The van der Waals surface area contributed by atoms with E-state index in [4.69, 9.17) is 0 Å². The smallest absolute Gasteiger partial charge is 0.172 e.